The van der Waals surface area contributed by atoms with Crippen LogP contribution in [-0.2, 0) is 23.0 Å². The predicted octanol–water partition coefficient (Wildman–Crippen LogP) is 2.81. The van der Waals surface area contributed by atoms with Gasteiger partial charge < -0.3 is 4.90 Å². The van der Waals surface area contributed by atoms with Gasteiger partial charge >= 0.3 is 0 Å². The van der Waals surface area contributed by atoms with Crippen molar-refractivity contribution in [2.24, 2.45) is 0 Å². The summed E-state index contributed by atoms with van der Waals surface area (Å²) in [6.07, 6.45) is 3.96. The molecule has 0 radical (unpaired) electrons. The van der Waals surface area contributed by atoms with Crippen molar-refractivity contribution < 1.29 is 13.2 Å². The van der Waals surface area contributed by atoms with E-state index in [9.17, 15) is 13.2 Å². The molecule has 0 N–H and O–H groups in total. The number of rotatable bonds is 5. The molecule has 4 rings (SSSR count). The summed E-state index contributed by atoms with van der Waals surface area (Å²) in [5.74, 6) is 0.0250. The van der Waals surface area contributed by atoms with Gasteiger partial charge in [-0.2, -0.15) is 0 Å². The summed E-state index contributed by atoms with van der Waals surface area (Å²) in [5.41, 5.74) is 3.39. The van der Waals surface area contributed by atoms with Gasteiger partial charge in [-0.05, 0) is 48.6 Å². The molecule has 1 fully saturated rings. The Morgan fingerprint density at radius 1 is 1.15 bits per heavy atom. The smallest absolute Gasteiger partial charge is 0.254 e. The van der Waals surface area contributed by atoms with Gasteiger partial charge in [-0.1, -0.05) is 30.3 Å². The van der Waals surface area contributed by atoms with E-state index in [1.165, 1.54) is 10.6 Å². The normalized spacial score (nSPS) is 16.4. The van der Waals surface area contributed by atoms with Gasteiger partial charge in [0.15, 0.2) is 0 Å². The van der Waals surface area contributed by atoms with Crippen molar-refractivity contribution in [2.75, 3.05) is 17.1 Å². The van der Waals surface area contributed by atoms with E-state index in [2.05, 4.69) is 0 Å². The fourth-order valence-corrected chi connectivity index (χ4v) is 4.51. The van der Waals surface area contributed by atoms with Crippen LogP contribution in [0.25, 0.3) is 0 Å². The number of nitrogens with zero attached hydrogens (tertiary/aromatic N) is 2. The lowest BCUT2D eigenvalue weighted by Crippen LogP contribution is -2.32. The zero-order chi connectivity index (χ0) is 18.3. The maximum absolute atomic E-state index is 13.1. The van der Waals surface area contributed by atoms with Crippen LogP contribution in [0.3, 0.4) is 0 Å². The molecule has 0 spiro atoms. The van der Waals surface area contributed by atoms with Crippen LogP contribution in [0.5, 0.6) is 0 Å². The Morgan fingerprint density at radius 3 is 2.54 bits per heavy atom. The summed E-state index contributed by atoms with van der Waals surface area (Å²) in [5, 5.41) is 0. The summed E-state index contributed by atoms with van der Waals surface area (Å²) < 4.78 is 25.2. The second kappa shape index (κ2) is 6.43. The molecular formula is C20H22N2O3S. The van der Waals surface area contributed by atoms with Crippen molar-refractivity contribution in [3.63, 3.8) is 0 Å². The number of benzene rings is 2. The van der Waals surface area contributed by atoms with Gasteiger partial charge in [-0.25, -0.2) is 8.42 Å². The van der Waals surface area contributed by atoms with Gasteiger partial charge in [-0.3, -0.25) is 9.10 Å². The number of carbonyl (C=O) groups is 1. The molecule has 0 bridgehead atoms. The Balaban J connectivity index is 1.59. The van der Waals surface area contributed by atoms with Crippen LogP contribution in [-0.4, -0.2) is 38.1 Å². The average Bonchev–Trinajstić information content (AvgIpc) is 3.36. The Labute approximate surface area is 154 Å². The third-order valence-electron chi connectivity index (χ3n) is 5.02. The molecule has 2 aromatic carbocycles. The largest absolute Gasteiger partial charge is 0.331 e. The summed E-state index contributed by atoms with van der Waals surface area (Å²) in [4.78, 5) is 15.0. The highest BCUT2D eigenvalue weighted by Crippen LogP contribution is 2.33. The first-order valence-electron chi connectivity index (χ1n) is 8.89. The molecule has 0 atom stereocenters. The van der Waals surface area contributed by atoms with E-state index < -0.39 is 10.0 Å². The number of hydrogen-bond donors (Lipinski definition) is 0. The van der Waals surface area contributed by atoms with Gasteiger partial charge in [0.2, 0.25) is 10.0 Å². The zero-order valence-electron chi connectivity index (χ0n) is 14.8. The monoisotopic (exact) mass is 370 g/mol. The number of anilines is 1. The quantitative estimate of drug-likeness (QED) is 0.813. The molecule has 0 unspecified atom stereocenters. The van der Waals surface area contributed by atoms with Crippen LogP contribution in [0.1, 0.15) is 34.3 Å². The fraction of sp³-hybridized carbons (Fsp3) is 0.350. The van der Waals surface area contributed by atoms with E-state index in [0.29, 0.717) is 36.8 Å². The molecule has 0 aromatic heterocycles. The summed E-state index contributed by atoms with van der Waals surface area (Å²) in [6, 6.07) is 15.7. The van der Waals surface area contributed by atoms with E-state index in [1.54, 1.807) is 12.1 Å². The van der Waals surface area contributed by atoms with Gasteiger partial charge in [0.05, 0.1) is 11.9 Å². The lowest BCUT2D eigenvalue weighted by Gasteiger charge is -2.23. The SMILES string of the molecule is CS(=O)(=O)N1CCc2cc(C(=O)N(Cc3ccccc3)C3CC3)ccc21. The molecule has 2 aliphatic rings. The Morgan fingerprint density at radius 2 is 1.88 bits per heavy atom. The Kier molecular flexibility index (Phi) is 4.23. The molecule has 136 valence electrons. The molecule has 2 aromatic rings. The number of amides is 1. The van der Waals surface area contributed by atoms with E-state index in [0.717, 1.165) is 24.0 Å². The van der Waals surface area contributed by atoms with Gasteiger partial charge in [0.1, 0.15) is 0 Å². The maximum atomic E-state index is 13.1. The van der Waals surface area contributed by atoms with Crippen molar-refractivity contribution in [1.29, 1.82) is 0 Å². The highest BCUT2D eigenvalue weighted by molar-refractivity contribution is 7.92. The molecule has 1 aliphatic carbocycles. The third-order valence-corrected chi connectivity index (χ3v) is 6.20. The van der Waals surface area contributed by atoms with E-state index in [1.807, 2.05) is 41.3 Å². The minimum Gasteiger partial charge on any atom is -0.331 e. The van der Waals surface area contributed by atoms with E-state index in [4.69, 9.17) is 0 Å². The summed E-state index contributed by atoms with van der Waals surface area (Å²) in [7, 11) is -3.27. The predicted molar refractivity (Wildman–Crippen MR) is 102 cm³/mol. The first-order chi connectivity index (χ1) is 12.4. The zero-order valence-corrected chi connectivity index (χ0v) is 15.6. The second-order valence-electron chi connectivity index (χ2n) is 7.08. The number of carbonyl (C=O) groups excluding carboxylic acids is 1. The van der Waals surface area contributed by atoms with Gasteiger partial charge in [0, 0.05) is 24.7 Å². The van der Waals surface area contributed by atoms with Crippen molar-refractivity contribution in [3.05, 3.63) is 65.2 Å². The lowest BCUT2D eigenvalue weighted by atomic mass is 10.1. The topological polar surface area (TPSA) is 57.7 Å². The number of hydrogen-bond acceptors (Lipinski definition) is 3. The molecule has 0 saturated heterocycles. The molecule has 1 heterocycles. The molecule has 1 saturated carbocycles. The summed E-state index contributed by atoms with van der Waals surface area (Å²) >= 11 is 0. The average molecular weight is 370 g/mol. The first-order valence-corrected chi connectivity index (χ1v) is 10.7. The molecule has 6 heteroatoms. The van der Waals surface area contributed by atoms with Gasteiger partial charge in [0.25, 0.3) is 5.91 Å². The van der Waals surface area contributed by atoms with E-state index in [-0.39, 0.29) is 5.91 Å². The highest BCUT2D eigenvalue weighted by Gasteiger charge is 2.34. The first kappa shape index (κ1) is 17.1. The fourth-order valence-electron chi connectivity index (χ4n) is 3.55. The second-order valence-corrected chi connectivity index (χ2v) is 8.99. The minimum atomic E-state index is -3.27. The van der Waals surface area contributed by atoms with Crippen molar-refractivity contribution in [3.8, 4) is 0 Å². The van der Waals surface area contributed by atoms with Crippen LogP contribution >= 0.6 is 0 Å². The standard InChI is InChI=1S/C20H22N2O3S/c1-26(24,25)22-12-11-16-13-17(7-10-19(16)22)20(23)21(18-8-9-18)14-15-5-3-2-4-6-15/h2-7,10,13,18H,8-9,11-12,14H2,1H3. The maximum Gasteiger partial charge on any atom is 0.254 e. The highest BCUT2D eigenvalue weighted by atomic mass is 32.2. The van der Waals surface area contributed by atoms with Crippen LogP contribution in [0.4, 0.5) is 5.69 Å². The van der Waals surface area contributed by atoms with E-state index >= 15 is 0 Å². The van der Waals surface area contributed by atoms with Crippen LogP contribution in [0, 0.1) is 0 Å². The Bertz CT molecular complexity index is 937. The number of fused-ring (bicyclic) bond motifs is 1. The van der Waals surface area contributed by atoms with Crippen molar-refractivity contribution in [1.82, 2.24) is 4.90 Å². The van der Waals surface area contributed by atoms with Crippen molar-refractivity contribution >= 4 is 21.6 Å². The molecule has 1 amide bonds. The molecular weight excluding hydrogens is 348 g/mol. The van der Waals surface area contributed by atoms with Gasteiger partial charge in [-0.15, -0.1) is 0 Å². The summed E-state index contributed by atoms with van der Waals surface area (Å²) in [6.45, 7) is 1.05. The Hall–Kier alpha value is -2.34. The third kappa shape index (κ3) is 3.33. The lowest BCUT2D eigenvalue weighted by molar-refractivity contribution is 0.0730. The van der Waals surface area contributed by atoms with Crippen LogP contribution in [0.15, 0.2) is 48.5 Å². The van der Waals surface area contributed by atoms with Crippen LogP contribution in [0.2, 0.25) is 0 Å². The van der Waals surface area contributed by atoms with Crippen LogP contribution < -0.4 is 4.31 Å². The number of sulfonamides is 1. The minimum absolute atomic E-state index is 0.0250. The molecule has 5 nitrogen and oxygen atoms in total. The van der Waals surface area contributed by atoms with Crippen molar-refractivity contribution in [2.45, 2.75) is 31.8 Å². The molecule has 1 aliphatic heterocycles. The molecule has 26 heavy (non-hydrogen) atoms.